The van der Waals surface area contributed by atoms with Gasteiger partial charge < -0.3 is 10.2 Å². The van der Waals surface area contributed by atoms with Crippen LogP contribution < -0.4 is 5.32 Å². The van der Waals surface area contributed by atoms with Crippen molar-refractivity contribution < 1.29 is 0 Å². The van der Waals surface area contributed by atoms with E-state index in [9.17, 15) is 0 Å². The van der Waals surface area contributed by atoms with Crippen molar-refractivity contribution >= 4 is 11.8 Å². The van der Waals surface area contributed by atoms with Gasteiger partial charge in [-0.3, -0.25) is 0 Å². The van der Waals surface area contributed by atoms with E-state index in [0.717, 1.165) is 0 Å². The molecule has 1 aliphatic heterocycles. The maximum absolute atomic E-state index is 3.37. The van der Waals surface area contributed by atoms with Gasteiger partial charge in [0.25, 0.3) is 0 Å². The van der Waals surface area contributed by atoms with Gasteiger partial charge in [-0.1, -0.05) is 0 Å². The molecule has 0 amide bonds. The Morgan fingerprint density at radius 2 is 2.00 bits per heavy atom. The summed E-state index contributed by atoms with van der Waals surface area (Å²) in [7, 11) is 0. The summed E-state index contributed by atoms with van der Waals surface area (Å²) in [5.74, 6) is 1.33. The number of rotatable bonds is 5. The summed E-state index contributed by atoms with van der Waals surface area (Å²) in [6, 6.07) is 0. The van der Waals surface area contributed by atoms with Crippen molar-refractivity contribution in [3.63, 3.8) is 0 Å². The van der Waals surface area contributed by atoms with Crippen molar-refractivity contribution in [2.45, 2.75) is 12.8 Å². The Morgan fingerprint density at radius 3 is 2.67 bits per heavy atom. The van der Waals surface area contributed by atoms with Gasteiger partial charge in [-0.25, -0.2) is 0 Å². The molecule has 2 nitrogen and oxygen atoms in total. The molecule has 0 aromatic rings. The molecule has 0 saturated carbocycles. The van der Waals surface area contributed by atoms with Crippen molar-refractivity contribution in [2.75, 3.05) is 44.7 Å². The molecule has 0 aromatic heterocycles. The molecule has 3 heteroatoms. The molecular weight excluding hydrogens is 168 g/mol. The quantitative estimate of drug-likeness (QED) is 0.649. The second kappa shape index (κ2) is 6.75. The summed E-state index contributed by atoms with van der Waals surface area (Å²) in [6.45, 7) is 6.17. The van der Waals surface area contributed by atoms with Crippen LogP contribution in [0.5, 0.6) is 0 Å². The van der Waals surface area contributed by atoms with E-state index in [2.05, 4.69) is 16.5 Å². The van der Waals surface area contributed by atoms with E-state index in [0.29, 0.717) is 0 Å². The van der Waals surface area contributed by atoms with Gasteiger partial charge in [0.05, 0.1) is 0 Å². The summed E-state index contributed by atoms with van der Waals surface area (Å²) in [4.78, 5) is 2.57. The van der Waals surface area contributed by atoms with E-state index in [1.807, 2.05) is 11.8 Å². The topological polar surface area (TPSA) is 15.3 Å². The van der Waals surface area contributed by atoms with Gasteiger partial charge in [0.2, 0.25) is 0 Å². The molecule has 0 unspecified atom stereocenters. The molecule has 72 valence electrons. The Hall–Kier alpha value is 0.270. The first kappa shape index (κ1) is 10.4. The second-order valence-electron chi connectivity index (χ2n) is 3.29. The van der Waals surface area contributed by atoms with Crippen molar-refractivity contribution in [1.82, 2.24) is 10.2 Å². The van der Waals surface area contributed by atoms with Crippen LogP contribution in [0.25, 0.3) is 0 Å². The maximum atomic E-state index is 3.37. The van der Waals surface area contributed by atoms with E-state index in [4.69, 9.17) is 0 Å². The lowest BCUT2D eigenvalue weighted by atomic mass is 10.3. The van der Waals surface area contributed by atoms with Crippen LogP contribution in [0.3, 0.4) is 0 Å². The lowest BCUT2D eigenvalue weighted by Gasteiger charge is -2.26. The minimum absolute atomic E-state index is 1.18. The number of unbranched alkanes of at least 4 members (excludes halogenated alkanes) is 1. The smallest absolute Gasteiger partial charge is 0.0107 e. The summed E-state index contributed by atoms with van der Waals surface area (Å²) in [5, 5.41) is 3.37. The first-order valence-electron chi connectivity index (χ1n) is 4.85. The summed E-state index contributed by atoms with van der Waals surface area (Å²) in [6.07, 6.45) is 4.94. The predicted molar refractivity (Wildman–Crippen MR) is 56.9 cm³/mol. The van der Waals surface area contributed by atoms with Crippen LogP contribution in [-0.2, 0) is 0 Å². The number of hydrogen-bond acceptors (Lipinski definition) is 3. The molecule has 0 bridgehead atoms. The largest absolute Gasteiger partial charge is 0.314 e. The Kier molecular flexibility index (Phi) is 5.82. The minimum atomic E-state index is 1.18. The average molecular weight is 188 g/mol. The molecule has 0 aliphatic carbocycles. The zero-order valence-electron chi connectivity index (χ0n) is 8.01. The summed E-state index contributed by atoms with van der Waals surface area (Å²) in [5.41, 5.74) is 0. The molecule has 1 saturated heterocycles. The van der Waals surface area contributed by atoms with E-state index >= 15 is 0 Å². The van der Waals surface area contributed by atoms with E-state index < -0.39 is 0 Å². The Morgan fingerprint density at radius 1 is 1.25 bits per heavy atom. The van der Waals surface area contributed by atoms with E-state index in [1.165, 1.54) is 51.3 Å². The highest BCUT2D eigenvalue weighted by atomic mass is 32.2. The Balaban J connectivity index is 1.91. The Bertz CT molecular complexity index is 103. The SMILES string of the molecule is CSCCCCN1CCNCC1. The highest BCUT2D eigenvalue weighted by Gasteiger charge is 2.07. The first-order chi connectivity index (χ1) is 5.93. The van der Waals surface area contributed by atoms with Crippen molar-refractivity contribution in [3.05, 3.63) is 0 Å². The number of nitrogens with zero attached hydrogens (tertiary/aromatic N) is 1. The zero-order valence-corrected chi connectivity index (χ0v) is 8.83. The third-order valence-electron chi connectivity index (χ3n) is 2.28. The highest BCUT2D eigenvalue weighted by Crippen LogP contribution is 2.01. The minimum Gasteiger partial charge on any atom is -0.314 e. The summed E-state index contributed by atoms with van der Waals surface area (Å²) < 4.78 is 0. The molecule has 1 rings (SSSR count). The fraction of sp³-hybridized carbons (Fsp3) is 1.00. The molecule has 0 atom stereocenters. The highest BCUT2D eigenvalue weighted by molar-refractivity contribution is 7.98. The normalized spacial score (nSPS) is 19.8. The van der Waals surface area contributed by atoms with Gasteiger partial charge in [0, 0.05) is 26.2 Å². The molecule has 1 N–H and O–H groups in total. The van der Waals surface area contributed by atoms with Gasteiger partial charge in [-0.15, -0.1) is 0 Å². The molecule has 1 aliphatic rings. The van der Waals surface area contributed by atoms with Crippen LogP contribution >= 0.6 is 11.8 Å². The number of nitrogens with one attached hydrogen (secondary N) is 1. The molecular formula is C9H20N2S. The molecule has 1 heterocycles. The lowest BCUT2D eigenvalue weighted by Crippen LogP contribution is -2.43. The number of piperazine rings is 1. The predicted octanol–water partition coefficient (Wildman–Crippen LogP) is 1.03. The van der Waals surface area contributed by atoms with Gasteiger partial charge in [0.15, 0.2) is 0 Å². The fourth-order valence-electron chi connectivity index (χ4n) is 1.52. The lowest BCUT2D eigenvalue weighted by molar-refractivity contribution is 0.238. The van der Waals surface area contributed by atoms with Crippen LogP contribution in [0.2, 0.25) is 0 Å². The van der Waals surface area contributed by atoms with Crippen LogP contribution in [0.1, 0.15) is 12.8 Å². The van der Waals surface area contributed by atoms with Crippen molar-refractivity contribution in [3.8, 4) is 0 Å². The van der Waals surface area contributed by atoms with E-state index in [-0.39, 0.29) is 0 Å². The first-order valence-corrected chi connectivity index (χ1v) is 6.25. The van der Waals surface area contributed by atoms with Gasteiger partial charge >= 0.3 is 0 Å². The third-order valence-corrected chi connectivity index (χ3v) is 2.98. The molecule has 0 aromatic carbocycles. The van der Waals surface area contributed by atoms with Crippen LogP contribution in [-0.4, -0.2) is 49.6 Å². The van der Waals surface area contributed by atoms with Crippen LogP contribution in [0.4, 0.5) is 0 Å². The second-order valence-corrected chi connectivity index (χ2v) is 4.28. The Labute approximate surface area is 80.1 Å². The van der Waals surface area contributed by atoms with Gasteiger partial charge in [-0.05, 0) is 31.4 Å². The standard InChI is InChI=1S/C9H20N2S/c1-12-9-3-2-6-11-7-4-10-5-8-11/h10H,2-9H2,1H3. The van der Waals surface area contributed by atoms with Gasteiger partial charge in [-0.2, -0.15) is 11.8 Å². The average Bonchev–Trinajstić information content (AvgIpc) is 2.14. The molecule has 12 heavy (non-hydrogen) atoms. The molecule has 0 spiro atoms. The fourth-order valence-corrected chi connectivity index (χ4v) is 2.01. The van der Waals surface area contributed by atoms with Crippen LogP contribution in [0, 0.1) is 0 Å². The van der Waals surface area contributed by atoms with Crippen molar-refractivity contribution in [1.29, 1.82) is 0 Å². The maximum Gasteiger partial charge on any atom is 0.0107 e. The van der Waals surface area contributed by atoms with E-state index in [1.54, 1.807) is 0 Å². The van der Waals surface area contributed by atoms with Crippen LogP contribution in [0.15, 0.2) is 0 Å². The number of thioether (sulfide) groups is 1. The number of hydrogen-bond donors (Lipinski definition) is 1. The molecule has 1 fully saturated rings. The van der Waals surface area contributed by atoms with Crippen molar-refractivity contribution in [2.24, 2.45) is 0 Å². The monoisotopic (exact) mass is 188 g/mol. The van der Waals surface area contributed by atoms with Gasteiger partial charge in [0.1, 0.15) is 0 Å². The zero-order chi connectivity index (χ0) is 8.65. The summed E-state index contributed by atoms with van der Waals surface area (Å²) >= 11 is 1.96. The third kappa shape index (κ3) is 4.33. The molecule has 0 radical (unpaired) electrons.